The molecule has 0 amide bonds. The molecule has 0 fully saturated rings. The Kier molecular flexibility index (Phi) is 5.14. The van der Waals surface area contributed by atoms with Gasteiger partial charge in [-0.3, -0.25) is 14.8 Å². The Balaban J connectivity index is 2.13. The molecule has 0 aromatic heterocycles. The number of fused-ring (bicyclic) bond motifs is 1. The second kappa shape index (κ2) is 7.36. The van der Waals surface area contributed by atoms with E-state index in [-0.39, 0.29) is 16.3 Å². The number of hydrogen-bond acceptors (Lipinski definition) is 4. The molecule has 6 nitrogen and oxygen atoms in total. The highest BCUT2D eigenvalue weighted by Gasteiger charge is 2.21. The molecule has 0 atom stereocenters. The van der Waals surface area contributed by atoms with Crippen LogP contribution in [0.4, 0.5) is 11.4 Å². The van der Waals surface area contributed by atoms with Gasteiger partial charge in [-0.25, -0.2) is 8.42 Å². The van der Waals surface area contributed by atoms with E-state index in [0.29, 0.717) is 6.42 Å². The summed E-state index contributed by atoms with van der Waals surface area (Å²) in [7, 11) is -3.89. The molecular weight excluding hydrogens is 364 g/mol. The normalized spacial score (nSPS) is 11.5. The van der Waals surface area contributed by atoms with Crippen LogP contribution >= 0.6 is 0 Å². The largest absolute Gasteiger partial charge is 0.279 e. The van der Waals surface area contributed by atoms with Crippen LogP contribution in [-0.2, 0) is 22.9 Å². The lowest BCUT2D eigenvalue weighted by Crippen LogP contribution is -2.15. The molecule has 0 heterocycles. The van der Waals surface area contributed by atoms with Crippen LogP contribution in [0.1, 0.15) is 25.0 Å². The number of nitrogens with zero attached hydrogens (tertiary/aromatic N) is 1. The van der Waals surface area contributed by atoms with E-state index in [1.54, 1.807) is 12.1 Å². The zero-order valence-corrected chi connectivity index (χ0v) is 15.9. The van der Waals surface area contributed by atoms with Gasteiger partial charge in [-0.15, -0.1) is 0 Å². The van der Waals surface area contributed by atoms with Crippen molar-refractivity contribution in [3.05, 3.63) is 75.8 Å². The molecule has 0 aliphatic rings. The molecular formula is C20H20N2O4S. The number of nitro groups is 1. The first-order valence-corrected chi connectivity index (χ1v) is 10.2. The summed E-state index contributed by atoms with van der Waals surface area (Å²) in [5, 5.41) is 12.9. The average Bonchev–Trinajstić information content (AvgIpc) is 2.66. The summed E-state index contributed by atoms with van der Waals surface area (Å²) in [6.07, 6.45) is 1.35. The van der Waals surface area contributed by atoms with Crippen molar-refractivity contribution >= 4 is 32.2 Å². The Bertz CT molecular complexity index is 1120. The molecule has 0 unspecified atom stereocenters. The van der Waals surface area contributed by atoms with E-state index in [4.69, 9.17) is 0 Å². The quantitative estimate of drug-likeness (QED) is 0.494. The summed E-state index contributed by atoms with van der Waals surface area (Å²) >= 11 is 0. The average molecular weight is 384 g/mol. The molecule has 0 aliphatic carbocycles. The van der Waals surface area contributed by atoms with Crippen molar-refractivity contribution in [2.45, 2.75) is 31.6 Å². The lowest BCUT2D eigenvalue weighted by Gasteiger charge is -2.16. The Morgan fingerprint density at radius 1 is 1.00 bits per heavy atom. The van der Waals surface area contributed by atoms with Crippen LogP contribution < -0.4 is 4.72 Å². The second-order valence-electron chi connectivity index (χ2n) is 6.18. The number of benzene rings is 3. The van der Waals surface area contributed by atoms with E-state index < -0.39 is 14.9 Å². The minimum atomic E-state index is -3.89. The van der Waals surface area contributed by atoms with Gasteiger partial charge in [-0.2, -0.15) is 0 Å². The monoisotopic (exact) mass is 384 g/mol. The van der Waals surface area contributed by atoms with Gasteiger partial charge < -0.3 is 0 Å². The maximum atomic E-state index is 13.0. The van der Waals surface area contributed by atoms with Crippen molar-refractivity contribution in [1.82, 2.24) is 0 Å². The van der Waals surface area contributed by atoms with Crippen LogP contribution in [0.3, 0.4) is 0 Å². The summed E-state index contributed by atoms with van der Waals surface area (Å²) in [5.41, 5.74) is 1.84. The molecule has 0 saturated carbocycles. The first kappa shape index (κ1) is 18.8. The first-order valence-electron chi connectivity index (χ1n) is 8.68. The van der Waals surface area contributed by atoms with Crippen molar-refractivity contribution in [2.24, 2.45) is 0 Å². The zero-order chi connectivity index (χ0) is 19.6. The van der Waals surface area contributed by atoms with Gasteiger partial charge >= 0.3 is 0 Å². The molecule has 7 heteroatoms. The molecule has 0 spiro atoms. The third-order valence-corrected chi connectivity index (χ3v) is 6.00. The minimum Gasteiger partial charge on any atom is -0.279 e. The lowest BCUT2D eigenvalue weighted by molar-refractivity contribution is -0.384. The Morgan fingerprint density at radius 2 is 1.74 bits per heavy atom. The fourth-order valence-corrected chi connectivity index (χ4v) is 4.67. The van der Waals surface area contributed by atoms with Crippen LogP contribution in [-0.4, -0.2) is 13.3 Å². The molecule has 27 heavy (non-hydrogen) atoms. The topological polar surface area (TPSA) is 89.3 Å². The predicted molar refractivity (Wildman–Crippen MR) is 107 cm³/mol. The Labute approximate surface area is 158 Å². The molecule has 0 saturated heterocycles. The Morgan fingerprint density at radius 3 is 2.41 bits per heavy atom. The fraction of sp³-hybridized carbons (Fsp3) is 0.200. The number of non-ortho nitro benzene ring substituents is 1. The third kappa shape index (κ3) is 3.64. The number of nitrogens with one attached hydrogen (secondary N) is 1. The number of sulfonamides is 1. The predicted octanol–water partition coefficient (Wildman–Crippen LogP) is 4.67. The smallest absolute Gasteiger partial charge is 0.271 e. The molecule has 0 aliphatic heterocycles. The SMILES string of the molecule is CCc1cccc2ccc(S(=O)(=O)Nc3cccc([N+](=O)[O-])c3)c(CC)c12. The third-order valence-electron chi connectivity index (χ3n) is 4.53. The van der Waals surface area contributed by atoms with Gasteiger partial charge in [-0.1, -0.05) is 44.2 Å². The van der Waals surface area contributed by atoms with Crippen LogP contribution in [0.5, 0.6) is 0 Å². The second-order valence-corrected chi connectivity index (χ2v) is 7.83. The van der Waals surface area contributed by atoms with E-state index in [2.05, 4.69) is 4.72 Å². The number of hydrogen-bond donors (Lipinski definition) is 1. The highest BCUT2D eigenvalue weighted by molar-refractivity contribution is 7.92. The van der Waals surface area contributed by atoms with E-state index in [0.717, 1.165) is 28.3 Å². The van der Waals surface area contributed by atoms with E-state index in [9.17, 15) is 18.5 Å². The van der Waals surface area contributed by atoms with Crippen LogP contribution in [0, 0.1) is 10.1 Å². The summed E-state index contributed by atoms with van der Waals surface area (Å²) in [4.78, 5) is 10.6. The fourth-order valence-electron chi connectivity index (χ4n) is 3.31. The first-order chi connectivity index (χ1) is 12.9. The number of anilines is 1. The maximum absolute atomic E-state index is 13.0. The number of nitro benzene ring substituents is 1. The van der Waals surface area contributed by atoms with E-state index in [1.165, 1.54) is 24.3 Å². The van der Waals surface area contributed by atoms with Gasteiger partial charge in [0.2, 0.25) is 0 Å². The Hall–Kier alpha value is -2.93. The molecule has 3 aromatic rings. The minimum absolute atomic E-state index is 0.162. The van der Waals surface area contributed by atoms with Crippen LogP contribution in [0.15, 0.2) is 59.5 Å². The van der Waals surface area contributed by atoms with Gasteiger partial charge in [0, 0.05) is 12.1 Å². The maximum Gasteiger partial charge on any atom is 0.271 e. The highest BCUT2D eigenvalue weighted by Crippen LogP contribution is 2.31. The van der Waals surface area contributed by atoms with Gasteiger partial charge in [0.1, 0.15) is 0 Å². The van der Waals surface area contributed by atoms with Crippen molar-refractivity contribution in [3.63, 3.8) is 0 Å². The van der Waals surface area contributed by atoms with Crippen molar-refractivity contribution in [2.75, 3.05) is 4.72 Å². The summed E-state index contributed by atoms with van der Waals surface area (Å²) in [5.74, 6) is 0. The molecule has 3 rings (SSSR count). The molecule has 0 radical (unpaired) electrons. The molecule has 0 bridgehead atoms. The summed E-state index contributed by atoms with van der Waals surface area (Å²) in [6, 6.07) is 14.8. The van der Waals surface area contributed by atoms with E-state index in [1.807, 2.05) is 32.0 Å². The lowest BCUT2D eigenvalue weighted by atomic mass is 9.96. The number of rotatable bonds is 6. The summed E-state index contributed by atoms with van der Waals surface area (Å²) in [6.45, 7) is 3.96. The van der Waals surface area contributed by atoms with E-state index >= 15 is 0 Å². The zero-order valence-electron chi connectivity index (χ0n) is 15.1. The molecule has 3 aromatic carbocycles. The summed E-state index contributed by atoms with van der Waals surface area (Å²) < 4.78 is 28.5. The van der Waals surface area contributed by atoms with Crippen molar-refractivity contribution in [1.29, 1.82) is 0 Å². The molecule has 1 N–H and O–H groups in total. The van der Waals surface area contributed by atoms with Gasteiger partial charge in [0.15, 0.2) is 0 Å². The number of aryl methyl sites for hydroxylation is 2. The standard InChI is InChI=1S/C20H20N2O4S/c1-3-14-7-5-8-15-11-12-19(18(4-2)20(14)15)27(25,26)21-16-9-6-10-17(13-16)22(23)24/h5-13,21H,3-4H2,1-2H3. The van der Waals surface area contributed by atoms with Crippen molar-refractivity contribution in [3.8, 4) is 0 Å². The van der Waals surface area contributed by atoms with Gasteiger partial charge in [-0.05, 0) is 46.9 Å². The van der Waals surface area contributed by atoms with Gasteiger partial charge in [0.25, 0.3) is 15.7 Å². The van der Waals surface area contributed by atoms with Crippen LogP contribution in [0.2, 0.25) is 0 Å². The van der Waals surface area contributed by atoms with Crippen LogP contribution in [0.25, 0.3) is 10.8 Å². The van der Waals surface area contributed by atoms with Crippen molar-refractivity contribution < 1.29 is 13.3 Å². The molecule has 140 valence electrons. The highest BCUT2D eigenvalue weighted by atomic mass is 32.2. The van der Waals surface area contributed by atoms with Gasteiger partial charge in [0.05, 0.1) is 15.5 Å².